The topological polar surface area (TPSA) is 138 Å². The van der Waals surface area contributed by atoms with E-state index in [-0.39, 0.29) is 33.8 Å². The molecule has 0 radical (unpaired) electrons. The number of ketones is 1. The molecule has 5 rings (SSSR count). The molecule has 1 unspecified atom stereocenters. The Kier molecular flexibility index (Phi) is 7.52. The van der Waals surface area contributed by atoms with Crippen LogP contribution in [-0.4, -0.2) is 32.6 Å². The number of hydrogen-bond donors (Lipinski definition) is 2. The Bertz CT molecular complexity index is 1580. The van der Waals surface area contributed by atoms with Gasteiger partial charge in [0.2, 0.25) is 11.0 Å². The maximum absolute atomic E-state index is 13.6. The minimum Gasteiger partial charge on any atom is -0.384 e. The van der Waals surface area contributed by atoms with Crippen molar-refractivity contribution in [2.24, 2.45) is 11.1 Å². The van der Waals surface area contributed by atoms with E-state index in [1.165, 1.54) is 34.4 Å². The highest BCUT2D eigenvalue weighted by Gasteiger charge is 2.46. The molecule has 1 aliphatic heterocycles. The summed E-state index contributed by atoms with van der Waals surface area (Å²) < 4.78 is 0.545. The minimum absolute atomic E-state index is 0.00847. The number of aromatic nitrogens is 3. The number of nitrogens with one attached hydrogen (secondary N) is 1. The molecule has 0 fully saturated rings. The normalized spacial score (nSPS) is 18.7. The molecule has 1 amide bonds. The van der Waals surface area contributed by atoms with E-state index in [1.807, 2.05) is 32.2 Å². The zero-order valence-corrected chi connectivity index (χ0v) is 24.5. The summed E-state index contributed by atoms with van der Waals surface area (Å²) in [5.74, 6) is -0.442. The number of carbonyl (C=O) groups is 2. The smallest absolute Gasteiger partial charge is 0.234 e. The van der Waals surface area contributed by atoms with E-state index >= 15 is 0 Å². The van der Waals surface area contributed by atoms with Crippen LogP contribution in [-0.2, 0) is 9.59 Å². The van der Waals surface area contributed by atoms with E-state index in [1.54, 1.807) is 23.2 Å². The van der Waals surface area contributed by atoms with Gasteiger partial charge in [-0.2, -0.15) is 5.26 Å². The summed E-state index contributed by atoms with van der Waals surface area (Å²) in [6, 6.07) is 7.62. The van der Waals surface area contributed by atoms with Gasteiger partial charge in [0.25, 0.3) is 0 Å². The largest absolute Gasteiger partial charge is 0.384 e. The standard InChI is InChI=1S/C26H24ClN7O2S3/c1-13-6-8-37-21(13)19-14(11-28)23(29)34(16-9-26(2,3)10-17(35)20(16)19)24-32-33-25(39-24)38-12-18(36)31-15-5-4-7-30-22(15)27/h4-8,19H,9-10,12,29H2,1-3H3,(H,31,36). The molecule has 0 spiro atoms. The SMILES string of the molecule is Cc1ccsc1C1C(C#N)=C(N)N(c2nnc(SCC(=O)Nc3cccnc3Cl)s2)C2=C1C(=O)CC(C)(C)C2. The van der Waals surface area contributed by atoms with Gasteiger partial charge in [0.15, 0.2) is 15.3 Å². The number of aryl methyl sites for hydroxylation is 1. The quantitative estimate of drug-likeness (QED) is 0.273. The molecule has 0 bridgehead atoms. The van der Waals surface area contributed by atoms with Crippen molar-refractivity contribution in [2.45, 2.75) is 43.9 Å². The van der Waals surface area contributed by atoms with Gasteiger partial charge in [-0.15, -0.1) is 21.5 Å². The number of amides is 1. The van der Waals surface area contributed by atoms with Gasteiger partial charge in [-0.3, -0.25) is 14.5 Å². The van der Waals surface area contributed by atoms with Crippen molar-refractivity contribution in [2.75, 3.05) is 16.0 Å². The number of carbonyl (C=O) groups excluding carboxylic acids is 2. The van der Waals surface area contributed by atoms with Crippen LogP contribution >= 0.6 is 46.0 Å². The van der Waals surface area contributed by atoms with Gasteiger partial charge < -0.3 is 11.1 Å². The number of hydrogen-bond acceptors (Lipinski definition) is 11. The van der Waals surface area contributed by atoms with Crippen LogP contribution in [0.4, 0.5) is 10.8 Å². The van der Waals surface area contributed by atoms with Crippen molar-refractivity contribution >= 4 is 68.5 Å². The maximum atomic E-state index is 13.6. The van der Waals surface area contributed by atoms with Gasteiger partial charge in [0.05, 0.1) is 29.0 Å². The zero-order chi connectivity index (χ0) is 27.9. The molecule has 13 heteroatoms. The van der Waals surface area contributed by atoms with Crippen molar-refractivity contribution in [1.29, 1.82) is 5.26 Å². The third kappa shape index (κ3) is 5.32. The zero-order valence-electron chi connectivity index (χ0n) is 21.3. The van der Waals surface area contributed by atoms with Gasteiger partial charge in [-0.1, -0.05) is 48.5 Å². The fourth-order valence-corrected chi connectivity index (χ4v) is 7.71. The van der Waals surface area contributed by atoms with E-state index in [0.29, 0.717) is 39.1 Å². The van der Waals surface area contributed by atoms with Gasteiger partial charge >= 0.3 is 0 Å². The number of nitrogens with zero attached hydrogens (tertiary/aromatic N) is 5. The van der Waals surface area contributed by atoms with E-state index < -0.39 is 5.92 Å². The van der Waals surface area contributed by atoms with E-state index in [9.17, 15) is 14.9 Å². The Labute approximate surface area is 242 Å². The number of thioether (sulfide) groups is 1. The summed E-state index contributed by atoms with van der Waals surface area (Å²) in [7, 11) is 0. The number of pyridine rings is 1. The summed E-state index contributed by atoms with van der Waals surface area (Å²) in [6.07, 6.45) is 2.51. The second-order valence-electron chi connectivity index (χ2n) is 9.98. The molecule has 0 saturated carbocycles. The number of halogens is 1. The molecule has 200 valence electrons. The minimum atomic E-state index is -0.505. The lowest BCUT2D eigenvalue weighted by Gasteiger charge is -2.42. The molecule has 9 nitrogen and oxygen atoms in total. The molecule has 1 atom stereocenters. The molecule has 3 aromatic rings. The van der Waals surface area contributed by atoms with Crippen molar-refractivity contribution in [3.05, 3.63) is 68.0 Å². The molecule has 3 aromatic heterocycles. The number of nitriles is 1. The van der Waals surface area contributed by atoms with Crippen LogP contribution in [0, 0.1) is 23.7 Å². The van der Waals surface area contributed by atoms with Gasteiger partial charge in [-0.25, -0.2) is 4.98 Å². The molecule has 1 aliphatic carbocycles. The number of thiophene rings is 1. The summed E-state index contributed by atoms with van der Waals surface area (Å²) in [6.45, 7) is 6.08. The van der Waals surface area contributed by atoms with Crippen LogP contribution in [0.15, 0.2) is 56.8 Å². The number of rotatable bonds is 6. The Balaban J connectivity index is 1.46. The molecular weight excluding hydrogens is 574 g/mol. The van der Waals surface area contributed by atoms with Crippen LogP contribution in [0.1, 0.15) is 43.0 Å². The number of anilines is 2. The number of Topliss-reactive ketones (excluding diaryl/α,β-unsaturated/α-hetero) is 1. The fourth-order valence-electron chi connectivity index (χ4n) is 4.81. The van der Waals surface area contributed by atoms with Crippen LogP contribution in [0.5, 0.6) is 0 Å². The maximum Gasteiger partial charge on any atom is 0.234 e. The summed E-state index contributed by atoms with van der Waals surface area (Å²) in [5.41, 5.74) is 9.51. The Morgan fingerprint density at radius 2 is 2.15 bits per heavy atom. The summed E-state index contributed by atoms with van der Waals surface area (Å²) in [5, 5.41) is 24.2. The third-order valence-corrected chi connectivity index (χ3v) is 9.92. The molecular formula is C26H24ClN7O2S3. The average Bonchev–Trinajstić information content (AvgIpc) is 3.51. The highest BCUT2D eigenvalue weighted by Crippen LogP contribution is 2.52. The highest BCUT2D eigenvalue weighted by atomic mass is 35.5. The highest BCUT2D eigenvalue weighted by molar-refractivity contribution is 8.01. The van der Waals surface area contributed by atoms with Crippen molar-refractivity contribution in [1.82, 2.24) is 15.2 Å². The Hall–Kier alpha value is -3.24. The average molecular weight is 598 g/mol. The Morgan fingerprint density at radius 3 is 2.85 bits per heavy atom. The molecule has 0 saturated heterocycles. The predicted octanol–water partition coefficient (Wildman–Crippen LogP) is 5.63. The molecule has 0 aromatic carbocycles. The summed E-state index contributed by atoms with van der Waals surface area (Å²) in [4.78, 5) is 32.7. The van der Waals surface area contributed by atoms with E-state index in [2.05, 4.69) is 26.6 Å². The van der Waals surface area contributed by atoms with Gasteiger partial charge in [0.1, 0.15) is 5.82 Å². The van der Waals surface area contributed by atoms with Crippen LogP contribution in [0.3, 0.4) is 0 Å². The third-order valence-electron chi connectivity index (χ3n) is 6.49. The van der Waals surface area contributed by atoms with Crippen LogP contribution in [0.2, 0.25) is 5.15 Å². The van der Waals surface area contributed by atoms with Crippen LogP contribution < -0.4 is 16.0 Å². The van der Waals surface area contributed by atoms with Crippen molar-refractivity contribution < 1.29 is 9.59 Å². The number of nitrogens with two attached hydrogens (primary N) is 1. The van der Waals surface area contributed by atoms with Crippen LogP contribution in [0.25, 0.3) is 0 Å². The first-order valence-electron chi connectivity index (χ1n) is 12.0. The lowest BCUT2D eigenvalue weighted by molar-refractivity contribution is -0.118. The first-order chi connectivity index (χ1) is 18.6. The first-order valence-corrected chi connectivity index (χ1v) is 15.0. The summed E-state index contributed by atoms with van der Waals surface area (Å²) >= 11 is 10.0. The monoisotopic (exact) mass is 597 g/mol. The molecule has 4 heterocycles. The molecule has 39 heavy (non-hydrogen) atoms. The van der Waals surface area contributed by atoms with Gasteiger partial charge in [0, 0.05) is 28.8 Å². The second-order valence-corrected chi connectivity index (χ2v) is 13.5. The Morgan fingerprint density at radius 1 is 1.36 bits per heavy atom. The second kappa shape index (κ2) is 10.7. The van der Waals surface area contributed by atoms with Crippen molar-refractivity contribution in [3.63, 3.8) is 0 Å². The lowest BCUT2D eigenvalue weighted by Crippen LogP contribution is -2.42. The fraction of sp³-hybridized carbons (Fsp3) is 0.308. The van der Waals surface area contributed by atoms with E-state index in [4.69, 9.17) is 17.3 Å². The lowest BCUT2D eigenvalue weighted by atomic mass is 9.69. The molecule has 3 N–H and O–H groups in total. The molecule has 2 aliphatic rings. The van der Waals surface area contributed by atoms with Crippen molar-refractivity contribution in [3.8, 4) is 6.07 Å². The van der Waals surface area contributed by atoms with E-state index in [0.717, 1.165) is 16.1 Å². The number of allylic oxidation sites excluding steroid dienone is 3. The van der Waals surface area contributed by atoms with Gasteiger partial charge in [-0.05, 0) is 47.9 Å². The predicted molar refractivity (Wildman–Crippen MR) is 155 cm³/mol. The first kappa shape index (κ1) is 27.3.